The van der Waals surface area contributed by atoms with Gasteiger partial charge in [-0.25, -0.2) is 0 Å². The first-order chi connectivity index (χ1) is 17.8. The molecule has 0 saturated heterocycles. The molecule has 0 aromatic heterocycles. The second kappa shape index (κ2) is 32.0. The Morgan fingerprint density at radius 3 is 1.03 bits per heavy atom. The molecule has 0 N–H and O–H groups in total. The molecule has 0 aliphatic rings. The first-order valence-corrected chi connectivity index (χ1v) is 16.4. The summed E-state index contributed by atoms with van der Waals surface area (Å²) < 4.78 is 0. The van der Waals surface area contributed by atoms with E-state index in [1.165, 1.54) is 141 Å². The van der Waals surface area contributed by atoms with Crippen LogP contribution in [-0.2, 0) is 0 Å². The van der Waals surface area contributed by atoms with Crippen molar-refractivity contribution in [3.63, 3.8) is 0 Å². The van der Waals surface area contributed by atoms with Crippen molar-refractivity contribution >= 4 is 0 Å². The van der Waals surface area contributed by atoms with Crippen molar-refractivity contribution in [2.24, 2.45) is 5.92 Å². The van der Waals surface area contributed by atoms with E-state index in [2.05, 4.69) is 69.4 Å². The average molecular weight is 499 g/mol. The lowest BCUT2D eigenvalue weighted by Crippen LogP contribution is -1.95. The second-order valence-corrected chi connectivity index (χ2v) is 11.1. The summed E-state index contributed by atoms with van der Waals surface area (Å²) in [6, 6.07) is 0. The normalized spacial score (nSPS) is 13.3. The predicted octanol–water partition coefficient (Wildman–Crippen LogP) is 13.2. The summed E-state index contributed by atoms with van der Waals surface area (Å²) in [5, 5.41) is 0. The second-order valence-electron chi connectivity index (χ2n) is 11.1. The molecule has 0 saturated carbocycles. The molecule has 0 aliphatic carbocycles. The van der Waals surface area contributed by atoms with E-state index in [1.807, 2.05) is 0 Å². The molecule has 1 atom stereocenters. The Labute approximate surface area is 229 Å². The van der Waals surface area contributed by atoms with E-state index in [9.17, 15) is 0 Å². The van der Waals surface area contributed by atoms with Gasteiger partial charge in [-0.1, -0.05) is 159 Å². The van der Waals surface area contributed by atoms with Crippen LogP contribution in [0, 0.1) is 5.92 Å². The largest absolute Gasteiger partial charge is 0.0882 e. The van der Waals surface area contributed by atoms with E-state index >= 15 is 0 Å². The van der Waals surface area contributed by atoms with Crippen molar-refractivity contribution in [3.05, 3.63) is 48.6 Å². The Bertz CT molecular complexity index is 506. The fourth-order valence-corrected chi connectivity index (χ4v) is 4.75. The van der Waals surface area contributed by atoms with Gasteiger partial charge in [0.15, 0.2) is 0 Å². The van der Waals surface area contributed by atoms with Crippen LogP contribution in [0.4, 0.5) is 0 Å². The molecular formula is C36H66. The third-order valence-corrected chi connectivity index (χ3v) is 7.30. The summed E-state index contributed by atoms with van der Waals surface area (Å²) in [6.45, 7) is 7.02. The summed E-state index contributed by atoms with van der Waals surface area (Å²) in [6.07, 6.45) is 51.4. The Kier molecular flexibility index (Phi) is 31.1. The van der Waals surface area contributed by atoms with Gasteiger partial charge in [0.1, 0.15) is 0 Å². The van der Waals surface area contributed by atoms with Gasteiger partial charge >= 0.3 is 0 Å². The molecule has 1 unspecified atom stereocenters. The van der Waals surface area contributed by atoms with Gasteiger partial charge in [-0.05, 0) is 70.1 Å². The van der Waals surface area contributed by atoms with Gasteiger partial charge < -0.3 is 0 Å². The summed E-state index contributed by atoms with van der Waals surface area (Å²) in [4.78, 5) is 0. The number of rotatable bonds is 28. The van der Waals surface area contributed by atoms with E-state index in [1.54, 1.807) is 0 Å². The van der Waals surface area contributed by atoms with Crippen LogP contribution < -0.4 is 0 Å². The lowest BCUT2D eigenvalue weighted by atomic mass is 9.96. The molecule has 0 nitrogen and oxygen atoms in total. The smallest absolute Gasteiger partial charge is 0.0169 e. The highest BCUT2D eigenvalue weighted by Gasteiger charge is 2.02. The zero-order chi connectivity index (χ0) is 26.2. The van der Waals surface area contributed by atoms with E-state index < -0.39 is 0 Å². The van der Waals surface area contributed by atoms with Crippen LogP contribution in [0.3, 0.4) is 0 Å². The minimum absolute atomic E-state index is 0.930. The third kappa shape index (κ3) is 31.0. The number of allylic oxidation sites excluding steroid dienone is 8. The molecule has 0 heterocycles. The fraction of sp³-hybridized carbons (Fsp3) is 0.778. The van der Waals surface area contributed by atoms with Gasteiger partial charge in [0.25, 0.3) is 0 Å². The molecule has 36 heavy (non-hydrogen) atoms. The molecule has 0 amide bonds. The maximum atomic E-state index is 2.48. The molecule has 0 spiro atoms. The molecule has 210 valence electrons. The van der Waals surface area contributed by atoms with E-state index in [-0.39, 0.29) is 0 Å². The molecule has 0 aliphatic heterocycles. The van der Waals surface area contributed by atoms with Crippen molar-refractivity contribution in [2.75, 3.05) is 0 Å². The van der Waals surface area contributed by atoms with Gasteiger partial charge in [-0.2, -0.15) is 0 Å². The highest BCUT2D eigenvalue weighted by molar-refractivity contribution is 4.93. The Morgan fingerprint density at radius 1 is 0.361 bits per heavy atom. The van der Waals surface area contributed by atoms with Crippen LogP contribution in [0.15, 0.2) is 48.6 Å². The monoisotopic (exact) mass is 499 g/mol. The summed E-state index contributed by atoms with van der Waals surface area (Å²) in [5.74, 6) is 0.930. The average Bonchev–Trinajstić information content (AvgIpc) is 2.88. The lowest BCUT2D eigenvalue weighted by Gasteiger charge is -2.11. The van der Waals surface area contributed by atoms with Crippen molar-refractivity contribution in [1.29, 1.82) is 0 Å². The molecule has 0 fully saturated rings. The highest BCUT2D eigenvalue weighted by Crippen LogP contribution is 2.18. The zero-order valence-corrected chi connectivity index (χ0v) is 25.2. The summed E-state index contributed by atoms with van der Waals surface area (Å²) >= 11 is 0. The van der Waals surface area contributed by atoms with Crippen molar-refractivity contribution in [1.82, 2.24) is 0 Å². The van der Waals surface area contributed by atoms with Gasteiger partial charge in [0.2, 0.25) is 0 Å². The molecule has 0 heteroatoms. The first-order valence-electron chi connectivity index (χ1n) is 16.4. The molecule has 0 rings (SSSR count). The molecule has 0 bridgehead atoms. The van der Waals surface area contributed by atoms with E-state index in [0.29, 0.717) is 0 Å². The lowest BCUT2D eigenvalue weighted by molar-refractivity contribution is 0.433. The highest BCUT2D eigenvalue weighted by atomic mass is 14.1. The van der Waals surface area contributed by atoms with Gasteiger partial charge in [0.05, 0.1) is 0 Å². The van der Waals surface area contributed by atoms with Crippen molar-refractivity contribution in [2.45, 2.75) is 175 Å². The molecule has 0 aromatic rings. The maximum absolute atomic E-state index is 2.48. The Morgan fingerprint density at radius 2 is 0.667 bits per heavy atom. The molecule has 0 aromatic carbocycles. The molecule has 0 radical (unpaired) electrons. The van der Waals surface area contributed by atoms with Crippen LogP contribution in [0.5, 0.6) is 0 Å². The van der Waals surface area contributed by atoms with Crippen molar-refractivity contribution < 1.29 is 0 Å². The van der Waals surface area contributed by atoms with Crippen LogP contribution in [0.2, 0.25) is 0 Å². The first kappa shape index (κ1) is 35.0. The topological polar surface area (TPSA) is 0 Å². The SMILES string of the molecule is CCCCCC=CCC=CCCCCCCCCC(C)CCCCCCC=CCC=CCCCCC. The Balaban J connectivity index is 3.30. The number of hydrogen-bond acceptors (Lipinski definition) is 0. The van der Waals surface area contributed by atoms with Gasteiger partial charge in [-0.15, -0.1) is 0 Å². The minimum Gasteiger partial charge on any atom is -0.0882 e. The number of unbranched alkanes of at least 4 members (excludes halogenated alkanes) is 16. The fourth-order valence-electron chi connectivity index (χ4n) is 4.75. The van der Waals surface area contributed by atoms with Crippen molar-refractivity contribution in [3.8, 4) is 0 Å². The number of hydrogen-bond donors (Lipinski definition) is 0. The predicted molar refractivity (Wildman–Crippen MR) is 168 cm³/mol. The maximum Gasteiger partial charge on any atom is -0.0169 e. The third-order valence-electron chi connectivity index (χ3n) is 7.30. The van der Waals surface area contributed by atoms with Crippen LogP contribution in [0.1, 0.15) is 175 Å². The quantitative estimate of drug-likeness (QED) is 0.0743. The minimum atomic E-state index is 0.930. The van der Waals surface area contributed by atoms with Crippen LogP contribution in [0.25, 0.3) is 0 Å². The standard InChI is InChI=1S/C36H66/c1-4-6-8-10-12-14-16-18-20-21-23-25-27-29-31-33-35-36(3)34-32-30-28-26-24-22-19-17-15-13-11-9-7-5-2/h12-15,18-20,22,36H,4-11,16-17,21,23-35H2,1-3H3. The summed E-state index contributed by atoms with van der Waals surface area (Å²) in [5.41, 5.74) is 0. The van der Waals surface area contributed by atoms with E-state index in [0.717, 1.165) is 18.8 Å². The van der Waals surface area contributed by atoms with Gasteiger partial charge in [-0.3, -0.25) is 0 Å². The summed E-state index contributed by atoms with van der Waals surface area (Å²) in [7, 11) is 0. The van der Waals surface area contributed by atoms with Gasteiger partial charge in [0, 0.05) is 0 Å². The van der Waals surface area contributed by atoms with E-state index in [4.69, 9.17) is 0 Å². The van der Waals surface area contributed by atoms with Crippen LogP contribution in [-0.4, -0.2) is 0 Å². The zero-order valence-electron chi connectivity index (χ0n) is 25.2. The van der Waals surface area contributed by atoms with Crippen LogP contribution >= 0.6 is 0 Å². The Hall–Kier alpha value is -1.04. The molecular weight excluding hydrogens is 432 g/mol.